The number of non-ortho nitro benzene ring substituents is 1. The molecule has 0 fully saturated rings. The molecule has 0 saturated carbocycles. The molecule has 0 aliphatic heterocycles. The summed E-state index contributed by atoms with van der Waals surface area (Å²) in [6.07, 6.45) is -0.907. The summed E-state index contributed by atoms with van der Waals surface area (Å²) < 4.78 is 10.9. The Kier molecular flexibility index (Phi) is 6.64. The molecule has 0 heterocycles. The van der Waals surface area contributed by atoms with Crippen LogP contribution in [0.15, 0.2) is 78.9 Å². The highest BCUT2D eigenvalue weighted by atomic mass is 16.6. The summed E-state index contributed by atoms with van der Waals surface area (Å²) in [5.74, 6) is 0.0782. The Morgan fingerprint density at radius 1 is 0.933 bits per heavy atom. The monoisotopic (exact) mass is 406 g/mol. The number of nitrogens with zero attached hydrogens (tertiary/aromatic N) is 1. The third kappa shape index (κ3) is 4.94. The van der Waals surface area contributed by atoms with E-state index >= 15 is 0 Å². The van der Waals surface area contributed by atoms with Gasteiger partial charge in [0, 0.05) is 6.07 Å². The van der Waals surface area contributed by atoms with Gasteiger partial charge < -0.3 is 14.8 Å². The second-order valence-corrected chi connectivity index (χ2v) is 6.62. The minimum atomic E-state index is -0.907. The van der Waals surface area contributed by atoms with Crippen molar-refractivity contribution in [2.75, 3.05) is 7.11 Å². The minimum Gasteiger partial charge on any atom is -0.493 e. The Labute approximate surface area is 174 Å². The van der Waals surface area contributed by atoms with Gasteiger partial charge in [-0.2, -0.15) is 0 Å². The fraction of sp³-hybridized carbons (Fsp3) is 0.174. The Bertz CT molecular complexity index is 969. The third-order valence-corrected chi connectivity index (χ3v) is 4.58. The van der Waals surface area contributed by atoms with E-state index in [-0.39, 0.29) is 23.4 Å². The van der Waals surface area contributed by atoms with Crippen LogP contribution < -0.4 is 14.8 Å². The number of carbonyl (C=O) groups is 1. The van der Waals surface area contributed by atoms with Gasteiger partial charge in [0.1, 0.15) is 0 Å². The van der Waals surface area contributed by atoms with E-state index in [1.807, 2.05) is 60.7 Å². The second kappa shape index (κ2) is 9.56. The number of nitro groups is 1. The van der Waals surface area contributed by atoms with Gasteiger partial charge in [0.05, 0.1) is 24.1 Å². The zero-order valence-corrected chi connectivity index (χ0v) is 16.6. The zero-order valence-electron chi connectivity index (χ0n) is 16.6. The van der Waals surface area contributed by atoms with E-state index in [0.717, 1.165) is 11.1 Å². The number of hydrogen-bond acceptors (Lipinski definition) is 5. The predicted molar refractivity (Wildman–Crippen MR) is 113 cm³/mol. The van der Waals surface area contributed by atoms with Crippen LogP contribution in [0.3, 0.4) is 0 Å². The van der Waals surface area contributed by atoms with Crippen LogP contribution in [0.4, 0.5) is 5.69 Å². The molecule has 7 heteroatoms. The number of nitro benzene ring substituents is 1. The Balaban J connectivity index is 1.81. The van der Waals surface area contributed by atoms with Crippen LogP contribution in [0.25, 0.3) is 0 Å². The Hall–Kier alpha value is -3.87. The lowest BCUT2D eigenvalue weighted by atomic mass is 9.98. The van der Waals surface area contributed by atoms with Gasteiger partial charge in [0.15, 0.2) is 17.6 Å². The molecule has 0 aromatic heterocycles. The zero-order chi connectivity index (χ0) is 21.5. The first-order valence-corrected chi connectivity index (χ1v) is 9.39. The number of ether oxygens (including phenoxy) is 2. The molecule has 1 amide bonds. The van der Waals surface area contributed by atoms with Gasteiger partial charge in [-0.05, 0) is 24.1 Å². The molecule has 3 rings (SSSR count). The van der Waals surface area contributed by atoms with Crippen LogP contribution in [-0.2, 0) is 4.79 Å². The summed E-state index contributed by atoms with van der Waals surface area (Å²) in [5.41, 5.74) is 1.71. The van der Waals surface area contributed by atoms with Crippen LogP contribution in [0.5, 0.6) is 11.5 Å². The highest BCUT2D eigenvalue weighted by Crippen LogP contribution is 2.32. The molecule has 0 aliphatic carbocycles. The Morgan fingerprint density at radius 3 is 2.00 bits per heavy atom. The molecular formula is C23H22N2O5. The first-order chi connectivity index (χ1) is 14.5. The maximum Gasteiger partial charge on any atom is 0.273 e. The molecule has 0 spiro atoms. The number of hydrogen-bond donors (Lipinski definition) is 1. The topological polar surface area (TPSA) is 90.7 Å². The van der Waals surface area contributed by atoms with E-state index in [2.05, 4.69) is 5.32 Å². The quantitative estimate of drug-likeness (QED) is 0.445. The van der Waals surface area contributed by atoms with Gasteiger partial charge in [-0.3, -0.25) is 14.9 Å². The smallest absolute Gasteiger partial charge is 0.273 e. The summed E-state index contributed by atoms with van der Waals surface area (Å²) in [6, 6.07) is 22.8. The molecule has 0 saturated heterocycles. The molecule has 1 atom stereocenters. The largest absolute Gasteiger partial charge is 0.493 e. The third-order valence-electron chi connectivity index (χ3n) is 4.58. The molecule has 3 aromatic carbocycles. The van der Waals surface area contributed by atoms with Gasteiger partial charge in [-0.15, -0.1) is 0 Å². The lowest BCUT2D eigenvalue weighted by molar-refractivity contribution is -0.385. The fourth-order valence-electron chi connectivity index (χ4n) is 3.02. The summed E-state index contributed by atoms with van der Waals surface area (Å²) in [7, 11) is 1.43. The summed E-state index contributed by atoms with van der Waals surface area (Å²) in [6.45, 7) is 1.58. The minimum absolute atomic E-state index is 0.130. The molecule has 1 N–H and O–H groups in total. The molecule has 154 valence electrons. The maximum atomic E-state index is 12.9. The number of nitrogens with one attached hydrogen (secondary N) is 1. The molecule has 3 aromatic rings. The van der Waals surface area contributed by atoms with Crippen molar-refractivity contribution in [3.63, 3.8) is 0 Å². The average molecular weight is 406 g/mol. The highest BCUT2D eigenvalue weighted by molar-refractivity contribution is 5.81. The van der Waals surface area contributed by atoms with E-state index in [1.54, 1.807) is 6.92 Å². The van der Waals surface area contributed by atoms with Gasteiger partial charge >= 0.3 is 0 Å². The van der Waals surface area contributed by atoms with Crippen molar-refractivity contribution in [2.24, 2.45) is 0 Å². The standard InChI is InChI=1S/C23H22N2O5/c1-16(30-21-15-19(25(27)28)13-14-20(21)29-2)23(26)24-22(17-9-5-3-6-10-17)18-11-7-4-8-12-18/h3-16,22H,1-2H3,(H,24,26). The molecular weight excluding hydrogens is 384 g/mol. The summed E-state index contributed by atoms with van der Waals surface area (Å²) in [4.78, 5) is 23.4. The first kappa shape index (κ1) is 20.9. The number of methoxy groups -OCH3 is 1. The van der Waals surface area contributed by atoms with Crippen LogP contribution in [-0.4, -0.2) is 24.0 Å². The van der Waals surface area contributed by atoms with Crippen molar-refractivity contribution >= 4 is 11.6 Å². The Morgan fingerprint density at radius 2 is 1.50 bits per heavy atom. The van der Waals surface area contributed by atoms with E-state index in [9.17, 15) is 14.9 Å². The van der Waals surface area contributed by atoms with Crippen LogP contribution in [0.2, 0.25) is 0 Å². The number of amides is 1. The summed E-state index contributed by atoms with van der Waals surface area (Å²) >= 11 is 0. The van der Waals surface area contributed by atoms with Crippen molar-refractivity contribution in [1.29, 1.82) is 0 Å². The van der Waals surface area contributed by atoms with Crippen molar-refractivity contribution in [3.8, 4) is 11.5 Å². The normalized spacial score (nSPS) is 11.6. The molecule has 1 unspecified atom stereocenters. The average Bonchev–Trinajstić information content (AvgIpc) is 2.78. The molecule has 7 nitrogen and oxygen atoms in total. The van der Waals surface area contributed by atoms with Gasteiger partial charge in [-0.25, -0.2) is 0 Å². The second-order valence-electron chi connectivity index (χ2n) is 6.62. The van der Waals surface area contributed by atoms with Gasteiger partial charge in [0.2, 0.25) is 0 Å². The van der Waals surface area contributed by atoms with E-state index in [4.69, 9.17) is 9.47 Å². The van der Waals surface area contributed by atoms with Crippen LogP contribution >= 0.6 is 0 Å². The molecule has 0 bridgehead atoms. The lowest BCUT2D eigenvalue weighted by Crippen LogP contribution is -2.39. The SMILES string of the molecule is COc1ccc([N+](=O)[O-])cc1OC(C)C(=O)NC(c1ccccc1)c1ccccc1. The van der Waals surface area contributed by atoms with Crippen molar-refractivity contribution in [2.45, 2.75) is 19.1 Å². The van der Waals surface area contributed by atoms with E-state index < -0.39 is 11.0 Å². The fourth-order valence-corrected chi connectivity index (χ4v) is 3.02. The number of rotatable bonds is 8. The summed E-state index contributed by atoms with van der Waals surface area (Å²) in [5, 5.41) is 14.1. The highest BCUT2D eigenvalue weighted by Gasteiger charge is 2.23. The van der Waals surface area contributed by atoms with E-state index in [0.29, 0.717) is 5.75 Å². The van der Waals surface area contributed by atoms with E-state index in [1.165, 1.54) is 25.3 Å². The van der Waals surface area contributed by atoms with Crippen molar-refractivity contribution in [3.05, 3.63) is 100 Å². The van der Waals surface area contributed by atoms with Gasteiger partial charge in [0.25, 0.3) is 11.6 Å². The number of carbonyl (C=O) groups excluding carboxylic acids is 1. The number of benzene rings is 3. The predicted octanol–water partition coefficient (Wildman–Crippen LogP) is 4.28. The van der Waals surface area contributed by atoms with Crippen LogP contribution in [0, 0.1) is 10.1 Å². The molecule has 30 heavy (non-hydrogen) atoms. The maximum absolute atomic E-state index is 12.9. The lowest BCUT2D eigenvalue weighted by Gasteiger charge is -2.23. The molecule has 0 radical (unpaired) electrons. The van der Waals surface area contributed by atoms with Crippen molar-refractivity contribution in [1.82, 2.24) is 5.32 Å². The van der Waals surface area contributed by atoms with Crippen LogP contribution in [0.1, 0.15) is 24.1 Å². The first-order valence-electron chi connectivity index (χ1n) is 9.39. The van der Waals surface area contributed by atoms with Gasteiger partial charge in [-0.1, -0.05) is 60.7 Å². The van der Waals surface area contributed by atoms with Crippen molar-refractivity contribution < 1.29 is 19.2 Å². The molecule has 0 aliphatic rings.